The Labute approximate surface area is 243 Å². The number of hydrogen-bond acceptors (Lipinski definition) is 5. The van der Waals surface area contributed by atoms with Crippen molar-refractivity contribution in [1.82, 2.24) is 10.2 Å². The summed E-state index contributed by atoms with van der Waals surface area (Å²) >= 11 is 0. The summed E-state index contributed by atoms with van der Waals surface area (Å²) in [6, 6.07) is 5.34. The van der Waals surface area contributed by atoms with Crippen LogP contribution in [-0.4, -0.2) is 60.9 Å². The molecule has 8 nitrogen and oxygen atoms in total. The number of fused-ring (bicyclic) bond motifs is 1. The highest BCUT2D eigenvalue weighted by atomic mass is 19.3. The lowest BCUT2D eigenvalue weighted by atomic mass is 9.76. The number of amides is 3. The first-order chi connectivity index (χ1) is 20.2. The lowest BCUT2D eigenvalue weighted by Crippen LogP contribution is -2.50. The molecule has 0 unspecified atom stereocenters. The van der Waals surface area contributed by atoms with Crippen molar-refractivity contribution < 1.29 is 32.0 Å². The van der Waals surface area contributed by atoms with Crippen LogP contribution >= 0.6 is 0 Å². The van der Waals surface area contributed by atoms with E-state index in [1.165, 1.54) is 12.5 Å². The molecule has 230 valence electrons. The summed E-state index contributed by atoms with van der Waals surface area (Å²) in [5.41, 5.74) is 6.81. The van der Waals surface area contributed by atoms with Crippen LogP contribution in [0.4, 0.5) is 18.9 Å². The van der Waals surface area contributed by atoms with Gasteiger partial charge in [0, 0.05) is 29.6 Å². The van der Waals surface area contributed by atoms with E-state index in [0.29, 0.717) is 54.8 Å². The second-order valence-electron chi connectivity index (χ2n) is 12.2. The molecule has 3 aliphatic rings. The van der Waals surface area contributed by atoms with E-state index in [1.807, 2.05) is 0 Å². The summed E-state index contributed by atoms with van der Waals surface area (Å²) < 4.78 is 43.6. The van der Waals surface area contributed by atoms with E-state index in [0.717, 1.165) is 32.1 Å². The van der Waals surface area contributed by atoms with Gasteiger partial charge in [-0.25, -0.2) is 13.2 Å². The summed E-state index contributed by atoms with van der Waals surface area (Å²) in [5, 5.41) is 5.67. The SMILES string of the molecule is N[C@H](CF)[C@H]1CC[C@H](C(=O)N2CC[C@@H](C3CCCCC3)[C@H]2C(=O)Nc2ccc3oc(C(=O)NCC(F)F)cc3c2)CC1. The summed E-state index contributed by atoms with van der Waals surface area (Å²) in [6.07, 6.45) is 6.42. The fourth-order valence-electron chi connectivity index (χ4n) is 7.32. The quantitative estimate of drug-likeness (QED) is 0.368. The van der Waals surface area contributed by atoms with Gasteiger partial charge in [-0.05, 0) is 74.1 Å². The predicted molar refractivity (Wildman–Crippen MR) is 153 cm³/mol. The number of likely N-dealkylation sites (tertiary alicyclic amines) is 1. The van der Waals surface area contributed by atoms with E-state index in [9.17, 15) is 27.6 Å². The lowest BCUT2D eigenvalue weighted by molar-refractivity contribution is -0.142. The second-order valence-corrected chi connectivity index (χ2v) is 12.2. The molecule has 3 fully saturated rings. The molecule has 3 amide bonds. The standard InChI is InChI=1S/C31H41F3N4O4/c32-16-24(35)19-6-8-20(9-7-19)31(41)38-13-12-23(18-4-2-1-3-5-18)28(38)30(40)37-22-10-11-25-21(14-22)15-26(42-25)29(39)36-17-27(33)34/h10-11,14-15,18-20,23-24,27-28H,1-9,12-13,16-17,35H2,(H,36,39)(H,37,40)/t19-,20-,23-,24+,28-/m0/s1. The number of nitrogens with zero attached hydrogens (tertiary/aromatic N) is 1. The number of hydrogen-bond donors (Lipinski definition) is 3. The number of benzene rings is 1. The third kappa shape index (κ3) is 6.76. The van der Waals surface area contributed by atoms with Gasteiger partial charge < -0.3 is 25.7 Å². The summed E-state index contributed by atoms with van der Waals surface area (Å²) in [4.78, 5) is 41.7. The first-order valence-electron chi connectivity index (χ1n) is 15.3. The Balaban J connectivity index is 1.31. The molecule has 5 rings (SSSR count). The van der Waals surface area contributed by atoms with E-state index in [4.69, 9.17) is 10.2 Å². The molecule has 1 saturated heterocycles. The Kier molecular flexibility index (Phi) is 9.75. The number of halogens is 3. The summed E-state index contributed by atoms with van der Waals surface area (Å²) in [5.74, 6) is -0.710. The van der Waals surface area contributed by atoms with Gasteiger partial charge in [0.2, 0.25) is 11.8 Å². The molecule has 1 aliphatic heterocycles. The fraction of sp³-hybridized carbons (Fsp3) is 0.645. The molecular weight excluding hydrogens is 549 g/mol. The van der Waals surface area contributed by atoms with Crippen LogP contribution in [0.2, 0.25) is 0 Å². The first kappa shape index (κ1) is 30.4. The largest absolute Gasteiger partial charge is 0.451 e. The van der Waals surface area contributed by atoms with Crippen LogP contribution in [0.15, 0.2) is 28.7 Å². The molecule has 0 radical (unpaired) electrons. The molecule has 42 heavy (non-hydrogen) atoms. The van der Waals surface area contributed by atoms with E-state index in [1.54, 1.807) is 23.1 Å². The van der Waals surface area contributed by atoms with Gasteiger partial charge in [-0.15, -0.1) is 0 Å². The van der Waals surface area contributed by atoms with E-state index in [-0.39, 0.29) is 35.3 Å². The highest BCUT2D eigenvalue weighted by molar-refractivity contribution is 6.01. The van der Waals surface area contributed by atoms with Crippen molar-refractivity contribution in [3.05, 3.63) is 30.0 Å². The van der Waals surface area contributed by atoms with Gasteiger partial charge in [0.1, 0.15) is 18.3 Å². The minimum absolute atomic E-state index is 0.00506. The van der Waals surface area contributed by atoms with Crippen LogP contribution in [-0.2, 0) is 9.59 Å². The van der Waals surface area contributed by atoms with E-state index < -0.39 is 37.6 Å². The topological polar surface area (TPSA) is 118 Å². The highest BCUT2D eigenvalue weighted by Crippen LogP contribution is 2.41. The third-order valence-electron chi connectivity index (χ3n) is 9.58. The predicted octanol–water partition coefficient (Wildman–Crippen LogP) is 5.27. The maximum absolute atomic E-state index is 13.9. The average Bonchev–Trinajstić information content (AvgIpc) is 3.64. The number of nitrogens with two attached hydrogens (primary N) is 1. The number of rotatable bonds is 9. The number of carbonyl (C=O) groups excluding carboxylic acids is 3. The maximum atomic E-state index is 13.9. The van der Waals surface area contributed by atoms with Crippen LogP contribution in [0.5, 0.6) is 0 Å². The number of anilines is 1. The molecule has 4 N–H and O–H groups in total. The van der Waals surface area contributed by atoms with Crippen molar-refractivity contribution in [3.8, 4) is 0 Å². The van der Waals surface area contributed by atoms with Crippen molar-refractivity contribution >= 4 is 34.4 Å². The van der Waals surface area contributed by atoms with Gasteiger partial charge in [0.05, 0.1) is 6.54 Å². The van der Waals surface area contributed by atoms with Crippen LogP contribution in [0.1, 0.15) is 74.8 Å². The first-order valence-corrected chi connectivity index (χ1v) is 15.3. The van der Waals surface area contributed by atoms with Gasteiger partial charge in [-0.3, -0.25) is 14.4 Å². The molecule has 3 atom stereocenters. The van der Waals surface area contributed by atoms with E-state index >= 15 is 0 Å². The zero-order valence-electron chi connectivity index (χ0n) is 23.8. The smallest absolute Gasteiger partial charge is 0.287 e. The zero-order chi connectivity index (χ0) is 29.8. The Hall–Kier alpha value is -3.08. The minimum atomic E-state index is -2.67. The summed E-state index contributed by atoms with van der Waals surface area (Å²) in [7, 11) is 0. The summed E-state index contributed by atoms with van der Waals surface area (Å²) in [6.45, 7) is -0.791. The average molecular weight is 591 g/mol. The lowest BCUT2D eigenvalue weighted by Gasteiger charge is -2.36. The Morgan fingerprint density at radius 3 is 2.43 bits per heavy atom. The molecule has 2 heterocycles. The number of furan rings is 1. The second kappa shape index (κ2) is 13.5. The number of carbonyl (C=O) groups is 3. The molecule has 2 aromatic rings. The van der Waals surface area contributed by atoms with Crippen LogP contribution in [0.25, 0.3) is 11.0 Å². The molecule has 0 bridgehead atoms. The monoisotopic (exact) mass is 590 g/mol. The van der Waals surface area contributed by atoms with Crippen molar-refractivity contribution in [2.75, 3.05) is 25.1 Å². The van der Waals surface area contributed by atoms with Gasteiger partial charge in [0.25, 0.3) is 12.3 Å². The van der Waals surface area contributed by atoms with Crippen LogP contribution < -0.4 is 16.4 Å². The van der Waals surface area contributed by atoms with Crippen molar-refractivity contribution in [2.45, 2.75) is 82.7 Å². The normalized spacial score (nSPS) is 26.0. The van der Waals surface area contributed by atoms with Gasteiger partial charge in [-0.2, -0.15) is 0 Å². The molecular formula is C31H41F3N4O4. The van der Waals surface area contributed by atoms with Crippen molar-refractivity contribution in [3.63, 3.8) is 0 Å². The Morgan fingerprint density at radius 1 is 1.00 bits per heavy atom. The van der Waals surface area contributed by atoms with Crippen LogP contribution in [0.3, 0.4) is 0 Å². The number of nitrogens with one attached hydrogen (secondary N) is 2. The third-order valence-corrected chi connectivity index (χ3v) is 9.58. The molecule has 1 aromatic heterocycles. The minimum Gasteiger partial charge on any atom is -0.451 e. The fourth-order valence-corrected chi connectivity index (χ4v) is 7.32. The van der Waals surface area contributed by atoms with Gasteiger partial charge >= 0.3 is 0 Å². The molecule has 0 spiro atoms. The molecule has 1 aromatic carbocycles. The van der Waals surface area contributed by atoms with Crippen molar-refractivity contribution in [2.24, 2.45) is 29.4 Å². The highest BCUT2D eigenvalue weighted by Gasteiger charge is 2.47. The molecule has 2 aliphatic carbocycles. The maximum Gasteiger partial charge on any atom is 0.287 e. The Bertz CT molecular complexity index is 1260. The zero-order valence-corrected chi connectivity index (χ0v) is 23.8. The molecule has 11 heteroatoms. The van der Waals surface area contributed by atoms with Gasteiger partial charge in [-0.1, -0.05) is 32.1 Å². The Morgan fingerprint density at radius 2 is 1.74 bits per heavy atom. The van der Waals surface area contributed by atoms with Crippen LogP contribution in [0, 0.1) is 23.7 Å². The van der Waals surface area contributed by atoms with E-state index in [2.05, 4.69) is 10.6 Å². The number of alkyl halides is 3. The molecule has 2 saturated carbocycles. The van der Waals surface area contributed by atoms with Crippen molar-refractivity contribution in [1.29, 1.82) is 0 Å². The van der Waals surface area contributed by atoms with Gasteiger partial charge in [0.15, 0.2) is 5.76 Å².